The maximum atomic E-state index is 13.0. The molecule has 2 saturated heterocycles. The molecule has 0 amide bonds. The molecule has 2 aliphatic rings. The Morgan fingerprint density at radius 2 is 2.03 bits per heavy atom. The molecule has 3 aromatic rings. The zero-order valence-corrected chi connectivity index (χ0v) is 20.1. The van der Waals surface area contributed by atoms with Crippen molar-refractivity contribution >= 4 is 50.1 Å². The number of sulfonamides is 1. The summed E-state index contributed by atoms with van der Waals surface area (Å²) >= 11 is 6.36. The summed E-state index contributed by atoms with van der Waals surface area (Å²) < 4.78 is 43.7. The minimum absolute atomic E-state index is 0.121. The summed E-state index contributed by atoms with van der Waals surface area (Å²) in [6.07, 6.45) is 2.52. The lowest BCUT2D eigenvalue weighted by atomic mass is 10.2. The van der Waals surface area contributed by atoms with Gasteiger partial charge in [0.05, 0.1) is 54.0 Å². The lowest BCUT2D eigenvalue weighted by molar-refractivity contribution is 0.0730. The number of nitrogens with zero attached hydrogens (tertiary/aromatic N) is 3. The highest BCUT2D eigenvalue weighted by atomic mass is 35.5. The van der Waals surface area contributed by atoms with Crippen LogP contribution in [0.5, 0.6) is 5.75 Å². The number of hydrogen-bond acceptors (Lipinski definition) is 9. The second-order valence-corrected chi connectivity index (χ2v) is 10.3. The minimum Gasteiger partial charge on any atom is -0.495 e. The molecule has 0 radical (unpaired) electrons. The van der Waals surface area contributed by atoms with Crippen molar-refractivity contribution in [3.8, 4) is 5.75 Å². The Morgan fingerprint density at radius 3 is 2.76 bits per heavy atom. The number of morpholine rings is 1. The van der Waals surface area contributed by atoms with Crippen LogP contribution < -0.4 is 15.4 Å². The first-order chi connectivity index (χ1) is 16.5. The van der Waals surface area contributed by atoms with Crippen molar-refractivity contribution in [3.05, 3.63) is 29.4 Å². The molecule has 0 saturated carbocycles. The zero-order chi connectivity index (χ0) is 23.7. The van der Waals surface area contributed by atoms with Gasteiger partial charge in [-0.2, -0.15) is 14.3 Å². The number of benzene rings is 1. The van der Waals surface area contributed by atoms with Gasteiger partial charge < -0.3 is 29.8 Å². The van der Waals surface area contributed by atoms with Crippen LogP contribution in [-0.2, 0) is 19.5 Å². The van der Waals surface area contributed by atoms with Gasteiger partial charge >= 0.3 is 0 Å². The molecule has 0 bridgehead atoms. The van der Waals surface area contributed by atoms with Crippen molar-refractivity contribution < 1.29 is 22.6 Å². The largest absolute Gasteiger partial charge is 0.495 e. The summed E-state index contributed by atoms with van der Waals surface area (Å²) in [5, 5.41) is 7.73. The van der Waals surface area contributed by atoms with Gasteiger partial charge in [-0.15, -0.1) is 0 Å². The molecule has 0 spiro atoms. The molecule has 3 N–H and O–H groups in total. The van der Waals surface area contributed by atoms with Gasteiger partial charge in [-0.05, 0) is 18.6 Å². The molecule has 5 rings (SSSR count). The van der Waals surface area contributed by atoms with E-state index in [1.54, 1.807) is 12.3 Å². The van der Waals surface area contributed by atoms with E-state index in [0.717, 1.165) is 6.42 Å². The molecule has 34 heavy (non-hydrogen) atoms. The summed E-state index contributed by atoms with van der Waals surface area (Å²) in [7, 11) is -2.18. The average Bonchev–Trinajstić information content (AvgIpc) is 3.49. The highest BCUT2D eigenvalue weighted by molar-refractivity contribution is 7.89. The number of methoxy groups -OCH3 is 1. The number of fused-ring (bicyclic) bond motifs is 1. The second-order valence-electron chi connectivity index (χ2n) is 7.96. The van der Waals surface area contributed by atoms with Crippen LogP contribution in [0.4, 0.5) is 17.5 Å². The molecule has 0 aliphatic carbocycles. The van der Waals surface area contributed by atoms with Crippen molar-refractivity contribution in [2.24, 2.45) is 0 Å². The molecule has 182 valence electrons. The predicted molar refractivity (Wildman–Crippen MR) is 128 cm³/mol. The van der Waals surface area contributed by atoms with E-state index in [4.69, 9.17) is 25.8 Å². The van der Waals surface area contributed by atoms with Gasteiger partial charge in [0.2, 0.25) is 16.0 Å². The molecule has 1 aromatic carbocycles. The SMILES string of the molecule is COc1cc(S(=O)(=O)N2CCOCC2)ccc1Nc1nc(NC2CCOC2)c2c(Cl)c[nH]c2n1. The molecule has 11 nitrogen and oxygen atoms in total. The van der Waals surface area contributed by atoms with Gasteiger partial charge in [-0.3, -0.25) is 0 Å². The van der Waals surface area contributed by atoms with Gasteiger partial charge in [-0.1, -0.05) is 11.6 Å². The van der Waals surface area contributed by atoms with Crippen molar-refractivity contribution in [3.63, 3.8) is 0 Å². The Hall–Kier alpha value is -2.64. The quantitative estimate of drug-likeness (QED) is 0.440. The predicted octanol–water partition coefficient (Wildman–Crippen LogP) is 2.59. The summed E-state index contributed by atoms with van der Waals surface area (Å²) in [6, 6.07) is 4.79. The summed E-state index contributed by atoms with van der Waals surface area (Å²) in [5.74, 6) is 1.23. The first-order valence-corrected chi connectivity index (χ1v) is 12.7. The van der Waals surface area contributed by atoms with E-state index in [2.05, 4.69) is 25.6 Å². The van der Waals surface area contributed by atoms with Crippen LogP contribution in [0.25, 0.3) is 11.0 Å². The molecule has 2 aromatic heterocycles. The summed E-state index contributed by atoms with van der Waals surface area (Å²) in [4.78, 5) is 12.3. The van der Waals surface area contributed by atoms with E-state index in [1.165, 1.54) is 23.5 Å². The molecule has 2 fully saturated rings. The zero-order valence-electron chi connectivity index (χ0n) is 18.5. The Morgan fingerprint density at radius 1 is 1.21 bits per heavy atom. The van der Waals surface area contributed by atoms with Crippen LogP contribution in [-0.4, -0.2) is 80.3 Å². The van der Waals surface area contributed by atoms with E-state index >= 15 is 0 Å². The first-order valence-electron chi connectivity index (χ1n) is 10.9. The number of rotatable bonds is 7. The van der Waals surface area contributed by atoms with Gasteiger partial charge in [-0.25, -0.2) is 8.42 Å². The van der Waals surface area contributed by atoms with E-state index in [1.807, 2.05) is 0 Å². The van der Waals surface area contributed by atoms with Crippen molar-refractivity contribution in [2.45, 2.75) is 17.4 Å². The maximum Gasteiger partial charge on any atom is 0.243 e. The molecule has 1 atom stereocenters. The normalized spacial score (nSPS) is 19.4. The highest BCUT2D eigenvalue weighted by Gasteiger charge is 2.27. The third-order valence-electron chi connectivity index (χ3n) is 5.78. The Balaban J connectivity index is 1.45. The van der Waals surface area contributed by atoms with E-state index in [-0.39, 0.29) is 10.9 Å². The fraction of sp³-hybridized carbons (Fsp3) is 0.429. The second kappa shape index (κ2) is 9.55. The average molecular weight is 509 g/mol. The number of H-pyrrole nitrogens is 1. The molecular formula is C21H25ClN6O5S. The highest BCUT2D eigenvalue weighted by Crippen LogP contribution is 2.34. The fourth-order valence-corrected chi connectivity index (χ4v) is 5.65. The molecule has 4 heterocycles. The lowest BCUT2D eigenvalue weighted by Gasteiger charge is -2.26. The number of nitrogens with one attached hydrogen (secondary N) is 3. The Kier molecular flexibility index (Phi) is 6.49. The van der Waals surface area contributed by atoms with Gasteiger partial charge in [0.1, 0.15) is 17.2 Å². The number of ether oxygens (including phenoxy) is 3. The van der Waals surface area contributed by atoms with Gasteiger partial charge in [0.15, 0.2) is 0 Å². The van der Waals surface area contributed by atoms with Crippen LogP contribution in [0.1, 0.15) is 6.42 Å². The first kappa shape index (κ1) is 23.1. The molecule has 2 aliphatic heterocycles. The number of anilines is 3. The van der Waals surface area contributed by atoms with Crippen molar-refractivity contribution in [1.29, 1.82) is 0 Å². The summed E-state index contributed by atoms with van der Waals surface area (Å²) in [6.45, 7) is 2.67. The molecule has 13 heteroatoms. The van der Waals surface area contributed by atoms with Crippen molar-refractivity contribution in [1.82, 2.24) is 19.3 Å². The van der Waals surface area contributed by atoms with E-state index in [0.29, 0.717) is 78.8 Å². The molecular weight excluding hydrogens is 484 g/mol. The number of aromatic nitrogens is 3. The van der Waals surface area contributed by atoms with Crippen molar-refractivity contribution in [2.75, 3.05) is 57.3 Å². The number of halogens is 1. The third-order valence-corrected chi connectivity index (χ3v) is 7.97. The van der Waals surface area contributed by atoms with E-state index < -0.39 is 10.0 Å². The molecule has 1 unspecified atom stereocenters. The standard InChI is InChI=1S/C21H25ClN6O5S/c1-31-17-10-14(34(29,30)28-5-8-32-9-6-28)2-3-16(17)25-21-26-19-18(15(22)11-23-19)20(27-21)24-13-4-7-33-12-13/h2-3,10-11,13H,4-9,12H2,1H3,(H3,23,24,25,26,27). The van der Waals surface area contributed by atoms with Crippen LogP contribution >= 0.6 is 11.6 Å². The minimum atomic E-state index is -3.66. The van der Waals surface area contributed by atoms with Crippen LogP contribution in [0.3, 0.4) is 0 Å². The maximum absolute atomic E-state index is 13.0. The topological polar surface area (TPSA) is 131 Å². The smallest absolute Gasteiger partial charge is 0.243 e. The fourth-order valence-electron chi connectivity index (χ4n) is 3.99. The van der Waals surface area contributed by atoms with E-state index in [9.17, 15) is 8.42 Å². The summed E-state index contributed by atoms with van der Waals surface area (Å²) in [5.41, 5.74) is 1.09. The third kappa shape index (κ3) is 4.51. The monoisotopic (exact) mass is 508 g/mol. The Labute approximate surface area is 201 Å². The van der Waals surface area contributed by atoms with Crippen LogP contribution in [0.15, 0.2) is 29.3 Å². The number of aromatic amines is 1. The van der Waals surface area contributed by atoms with Gasteiger partial charge in [0.25, 0.3) is 0 Å². The Bertz CT molecular complexity index is 1290. The van der Waals surface area contributed by atoms with Crippen LogP contribution in [0, 0.1) is 0 Å². The lowest BCUT2D eigenvalue weighted by Crippen LogP contribution is -2.40. The van der Waals surface area contributed by atoms with Crippen LogP contribution in [0.2, 0.25) is 5.02 Å². The number of hydrogen-bond donors (Lipinski definition) is 3. The van der Waals surface area contributed by atoms with Gasteiger partial charge in [0, 0.05) is 32.0 Å².